The van der Waals surface area contributed by atoms with Crippen LogP contribution in [-0.4, -0.2) is 32.5 Å². The Hall–Kier alpha value is -1.46. The Morgan fingerprint density at radius 3 is 3.05 bits per heavy atom. The summed E-state index contributed by atoms with van der Waals surface area (Å²) in [4.78, 5) is 9.24. The summed E-state index contributed by atoms with van der Waals surface area (Å²) < 4.78 is 14.4. The third kappa shape index (κ3) is 1.13. The first-order valence-corrected chi connectivity index (χ1v) is 6.82. The number of nitrogens with zero attached hydrogens (tertiary/aromatic N) is 3. The lowest BCUT2D eigenvalue weighted by molar-refractivity contribution is -0.154. The molecule has 2 aliphatic heterocycles. The van der Waals surface area contributed by atoms with Crippen molar-refractivity contribution in [2.45, 2.75) is 50.2 Å². The lowest BCUT2D eigenvalue weighted by atomic mass is 10.0. The Bertz CT molecular complexity index is 693. The smallest absolute Gasteiger partial charge is 0.163 e. The minimum atomic E-state index is -0.473. The molecule has 0 aromatic carbocycles. The summed E-state index contributed by atoms with van der Waals surface area (Å²) in [6.45, 7) is 3.98. The van der Waals surface area contributed by atoms with Gasteiger partial charge in [0.15, 0.2) is 11.4 Å². The van der Waals surface area contributed by atoms with Crippen molar-refractivity contribution in [3.8, 4) is 0 Å². The summed E-state index contributed by atoms with van der Waals surface area (Å²) in [6.07, 6.45) is 3.20. The maximum Gasteiger partial charge on any atom is 0.163 e. The van der Waals surface area contributed by atoms with Gasteiger partial charge in [-0.25, -0.2) is 9.97 Å². The lowest BCUT2D eigenvalue weighted by Gasteiger charge is -2.23. The van der Waals surface area contributed by atoms with Gasteiger partial charge in [0.25, 0.3) is 0 Å². The molecule has 2 fully saturated rings. The average molecular weight is 257 g/mol. The first-order valence-electron chi connectivity index (χ1n) is 6.82. The fourth-order valence-corrected chi connectivity index (χ4v) is 3.99. The molecule has 2 bridgehead atoms. The molecule has 0 amide bonds. The Morgan fingerprint density at radius 2 is 2.16 bits per heavy atom. The lowest BCUT2D eigenvalue weighted by Crippen LogP contribution is -2.32. The van der Waals surface area contributed by atoms with Gasteiger partial charge in [0.2, 0.25) is 0 Å². The van der Waals surface area contributed by atoms with E-state index in [1.54, 1.807) is 0 Å². The first kappa shape index (κ1) is 10.3. The largest absolute Gasteiger partial charge is 0.344 e. The summed E-state index contributed by atoms with van der Waals surface area (Å²) in [6, 6.07) is 4.28. The highest BCUT2D eigenvalue weighted by Crippen LogP contribution is 2.56. The number of ether oxygens (including phenoxy) is 2. The molecule has 0 unspecified atom stereocenters. The third-order valence-corrected chi connectivity index (χ3v) is 4.57. The van der Waals surface area contributed by atoms with Gasteiger partial charge in [-0.3, -0.25) is 0 Å². The maximum absolute atomic E-state index is 6.08. The topological polar surface area (TPSA) is 49.2 Å². The maximum atomic E-state index is 6.08. The highest BCUT2D eigenvalue weighted by atomic mass is 16.8. The van der Waals surface area contributed by atoms with Crippen LogP contribution in [-0.2, 0) is 9.47 Å². The summed E-state index contributed by atoms with van der Waals surface area (Å²) in [5.74, 6) is 1.01. The van der Waals surface area contributed by atoms with Crippen LogP contribution >= 0.6 is 0 Å². The number of pyridine rings is 1. The molecule has 1 saturated heterocycles. The number of rotatable bonds is 0. The van der Waals surface area contributed by atoms with Crippen molar-refractivity contribution in [3.05, 3.63) is 24.2 Å². The van der Waals surface area contributed by atoms with Gasteiger partial charge in [-0.2, -0.15) is 0 Å². The quantitative estimate of drug-likeness (QED) is 0.724. The second kappa shape index (κ2) is 2.99. The number of fused-ring (bicyclic) bond motifs is 10. The summed E-state index contributed by atoms with van der Waals surface area (Å²) in [7, 11) is 0. The predicted octanol–water partition coefficient (Wildman–Crippen LogP) is 1.99. The van der Waals surface area contributed by atoms with Crippen LogP contribution in [0.5, 0.6) is 0 Å². The molecule has 0 N–H and O–H groups in total. The second-order valence-electron chi connectivity index (χ2n) is 6.16. The van der Waals surface area contributed by atoms with Gasteiger partial charge in [-0.15, -0.1) is 0 Å². The van der Waals surface area contributed by atoms with Crippen molar-refractivity contribution in [2.24, 2.45) is 0 Å². The van der Waals surface area contributed by atoms with Crippen molar-refractivity contribution in [3.63, 3.8) is 0 Å². The normalized spacial score (nSPS) is 37.8. The van der Waals surface area contributed by atoms with Gasteiger partial charge in [-0.05, 0) is 32.4 Å². The van der Waals surface area contributed by atoms with Gasteiger partial charge in [0.1, 0.15) is 17.4 Å². The van der Waals surface area contributed by atoms with Crippen molar-refractivity contribution in [1.82, 2.24) is 14.5 Å². The number of imidazole rings is 1. The molecular weight excluding hydrogens is 242 g/mol. The zero-order valence-electron chi connectivity index (χ0n) is 10.9. The van der Waals surface area contributed by atoms with Crippen LogP contribution in [0.25, 0.3) is 11.2 Å². The monoisotopic (exact) mass is 257 g/mol. The van der Waals surface area contributed by atoms with Crippen LogP contribution in [0.2, 0.25) is 0 Å². The van der Waals surface area contributed by atoms with Gasteiger partial charge in [0, 0.05) is 12.1 Å². The van der Waals surface area contributed by atoms with Crippen LogP contribution < -0.4 is 0 Å². The van der Waals surface area contributed by atoms with Gasteiger partial charge in [0.05, 0.1) is 12.1 Å². The molecule has 2 aromatic heterocycles. The zero-order chi connectivity index (χ0) is 12.8. The Labute approximate surface area is 110 Å². The molecule has 4 atom stereocenters. The molecule has 5 nitrogen and oxygen atoms in total. The molecule has 19 heavy (non-hydrogen) atoms. The van der Waals surface area contributed by atoms with Crippen LogP contribution in [0.3, 0.4) is 0 Å². The number of hydrogen-bond donors (Lipinski definition) is 0. The van der Waals surface area contributed by atoms with Crippen LogP contribution in [0.15, 0.2) is 18.3 Å². The van der Waals surface area contributed by atoms with Crippen LogP contribution in [0, 0.1) is 0 Å². The Kier molecular flexibility index (Phi) is 1.63. The number of hydrogen-bond acceptors (Lipinski definition) is 4. The van der Waals surface area contributed by atoms with E-state index in [0.717, 1.165) is 23.4 Å². The average Bonchev–Trinajstić information content (AvgIpc) is 3.02. The highest BCUT2D eigenvalue weighted by molar-refractivity contribution is 5.72. The molecular formula is C14H15N3O2. The zero-order valence-corrected chi connectivity index (χ0v) is 10.9. The van der Waals surface area contributed by atoms with Crippen molar-refractivity contribution < 1.29 is 9.47 Å². The van der Waals surface area contributed by atoms with Crippen molar-refractivity contribution in [1.29, 1.82) is 0 Å². The molecule has 2 aromatic rings. The van der Waals surface area contributed by atoms with E-state index in [-0.39, 0.29) is 12.2 Å². The predicted molar refractivity (Wildman–Crippen MR) is 67.7 cm³/mol. The SMILES string of the molecule is CC1(C)O[C@@H]2[C@H](O1)[C@@H]1C[C@H]2n2c1nc1cccnc12. The second-order valence-corrected chi connectivity index (χ2v) is 6.16. The molecule has 98 valence electrons. The molecule has 4 heterocycles. The highest BCUT2D eigenvalue weighted by Gasteiger charge is 2.60. The first-order chi connectivity index (χ1) is 9.14. The van der Waals surface area contributed by atoms with E-state index in [1.807, 2.05) is 32.2 Å². The van der Waals surface area contributed by atoms with E-state index >= 15 is 0 Å². The van der Waals surface area contributed by atoms with Gasteiger partial charge >= 0.3 is 0 Å². The minimum Gasteiger partial charge on any atom is -0.344 e. The molecule has 1 saturated carbocycles. The summed E-state index contributed by atoms with van der Waals surface area (Å²) >= 11 is 0. The van der Waals surface area contributed by atoms with E-state index in [1.165, 1.54) is 0 Å². The van der Waals surface area contributed by atoms with Crippen molar-refractivity contribution >= 4 is 11.2 Å². The van der Waals surface area contributed by atoms with E-state index in [2.05, 4.69) is 9.55 Å². The summed E-state index contributed by atoms with van der Waals surface area (Å²) in [5, 5.41) is 0. The third-order valence-electron chi connectivity index (χ3n) is 4.57. The minimum absolute atomic E-state index is 0.145. The molecule has 5 heteroatoms. The molecule has 0 spiro atoms. The van der Waals surface area contributed by atoms with Crippen LogP contribution in [0.1, 0.15) is 38.1 Å². The van der Waals surface area contributed by atoms with Gasteiger partial charge < -0.3 is 14.0 Å². The van der Waals surface area contributed by atoms with E-state index in [9.17, 15) is 0 Å². The number of aromatic nitrogens is 3. The molecule has 0 radical (unpaired) electrons. The fourth-order valence-electron chi connectivity index (χ4n) is 3.99. The standard InChI is InChI=1S/C14H15N3O2/c1-14(2)18-10-7-6-9(11(10)19-14)17-12(7)16-8-4-3-5-15-13(8)17/h3-5,7,9-11H,6H2,1-2H3/t7-,9+,10+,11-/m0/s1. The Balaban J connectivity index is 1.71. The molecule has 3 aliphatic rings. The Morgan fingerprint density at radius 1 is 1.32 bits per heavy atom. The summed E-state index contributed by atoms with van der Waals surface area (Å²) in [5.41, 5.74) is 1.96. The molecule has 1 aliphatic carbocycles. The van der Waals surface area contributed by atoms with Gasteiger partial charge in [-0.1, -0.05) is 0 Å². The van der Waals surface area contributed by atoms with Crippen molar-refractivity contribution in [2.75, 3.05) is 0 Å². The van der Waals surface area contributed by atoms with E-state index in [4.69, 9.17) is 14.5 Å². The fraction of sp³-hybridized carbons (Fsp3) is 0.571. The van der Waals surface area contributed by atoms with Crippen LogP contribution in [0.4, 0.5) is 0 Å². The van der Waals surface area contributed by atoms with E-state index < -0.39 is 5.79 Å². The molecule has 5 rings (SSSR count). The van der Waals surface area contributed by atoms with E-state index in [0.29, 0.717) is 12.0 Å².